The maximum atomic E-state index is 12.4. The first-order valence-electron chi connectivity index (χ1n) is 9.73. The molecule has 6 nitrogen and oxygen atoms in total. The third kappa shape index (κ3) is 3.41. The Kier molecular flexibility index (Phi) is 5.23. The molecule has 3 N–H and O–H groups in total. The van der Waals surface area contributed by atoms with Gasteiger partial charge < -0.3 is 24.9 Å². The van der Waals surface area contributed by atoms with E-state index in [-0.39, 0.29) is 11.6 Å². The van der Waals surface area contributed by atoms with E-state index in [0.717, 1.165) is 22.2 Å². The number of nitrogens with zero attached hydrogens (tertiary/aromatic N) is 1. The Bertz CT molecular complexity index is 1160. The van der Waals surface area contributed by atoms with Crippen LogP contribution in [0.3, 0.4) is 0 Å². The molecule has 4 rings (SSSR count). The topological polar surface area (TPSA) is 86.7 Å². The summed E-state index contributed by atoms with van der Waals surface area (Å²) in [6, 6.07) is 13.0. The highest BCUT2D eigenvalue weighted by Gasteiger charge is 2.26. The number of hydrogen-bond acceptors (Lipinski definition) is 4. The first-order valence-corrected chi connectivity index (χ1v) is 9.73. The fourth-order valence-corrected chi connectivity index (χ4v) is 4.12. The van der Waals surface area contributed by atoms with Crippen LogP contribution in [-0.4, -0.2) is 29.9 Å². The zero-order valence-corrected chi connectivity index (χ0v) is 17.0. The van der Waals surface area contributed by atoms with Crippen molar-refractivity contribution in [3.63, 3.8) is 0 Å². The van der Waals surface area contributed by atoms with Crippen LogP contribution in [0.1, 0.15) is 16.9 Å². The molecule has 0 aliphatic heterocycles. The number of ether oxygens (including phenoxy) is 2. The number of aromatic nitrogens is 1. The lowest BCUT2D eigenvalue weighted by molar-refractivity contribution is 0.0686. The number of nitrogen functional groups attached to an aromatic ring is 1. The average molecular weight is 404 g/mol. The highest BCUT2D eigenvalue weighted by molar-refractivity contribution is 6.11. The molecule has 1 atom stereocenters. The number of methoxy groups -OCH3 is 2. The molecule has 0 bridgehead atoms. The van der Waals surface area contributed by atoms with E-state index < -0.39 is 5.97 Å². The number of anilines is 1. The summed E-state index contributed by atoms with van der Waals surface area (Å²) in [5.74, 6) is 0.699. The van der Waals surface area contributed by atoms with Crippen LogP contribution in [0.15, 0.2) is 66.5 Å². The molecule has 1 aliphatic carbocycles. The van der Waals surface area contributed by atoms with Crippen LogP contribution in [0.2, 0.25) is 0 Å². The predicted molar refractivity (Wildman–Crippen MR) is 118 cm³/mol. The van der Waals surface area contributed by atoms with Crippen molar-refractivity contribution in [2.45, 2.75) is 13.0 Å². The van der Waals surface area contributed by atoms with E-state index >= 15 is 0 Å². The van der Waals surface area contributed by atoms with E-state index in [1.165, 1.54) is 0 Å². The monoisotopic (exact) mass is 404 g/mol. The molecule has 1 heterocycles. The van der Waals surface area contributed by atoms with Gasteiger partial charge in [0.2, 0.25) is 0 Å². The van der Waals surface area contributed by atoms with Crippen LogP contribution in [0.25, 0.3) is 22.0 Å². The van der Waals surface area contributed by atoms with Crippen LogP contribution in [-0.2, 0) is 11.3 Å². The summed E-state index contributed by atoms with van der Waals surface area (Å²) in [6.45, 7) is 0.486. The molecule has 1 aliphatic rings. The summed E-state index contributed by atoms with van der Waals surface area (Å²) >= 11 is 0. The van der Waals surface area contributed by atoms with Gasteiger partial charge in [-0.25, -0.2) is 4.79 Å². The molecule has 0 spiro atoms. The number of nitrogens with two attached hydrogens (primary N) is 1. The van der Waals surface area contributed by atoms with Gasteiger partial charge in [0.15, 0.2) is 0 Å². The zero-order chi connectivity index (χ0) is 21.3. The highest BCUT2D eigenvalue weighted by atomic mass is 16.5. The smallest absolute Gasteiger partial charge is 0.353 e. The lowest BCUT2D eigenvalue weighted by atomic mass is 9.99. The van der Waals surface area contributed by atoms with E-state index in [2.05, 4.69) is 6.08 Å². The van der Waals surface area contributed by atoms with E-state index in [1.54, 1.807) is 20.3 Å². The maximum Gasteiger partial charge on any atom is 0.353 e. The Morgan fingerprint density at radius 2 is 1.93 bits per heavy atom. The van der Waals surface area contributed by atoms with Gasteiger partial charge in [-0.05, 0) is 29.8 Å². The third-order valence-electron chi connectivity index (χ3n) is 5.50. The molecule has 0 fully saturated rings. The van der Waals surface area contributed by atoms with E-state index in [1.807, 2.05) is 53.1 Å². The van der Waals surface area contributed by atoms with Gasteiger partial charge in [0, 0.05) is 29.8 Å². The standard InChI is InChI=1S/C24H24N2O4/c1-29-17-11-9-16(10-12-17)21-19-7-4-8-20(25)22(19)26(23(21)24(27)28)14-15-5-3-6-18(13-15)30-2/h3-12,15H,13-14,25H2,1-2H3,(H,27,28). The number of aromatic carboxylic acids is 1. The van der Waals surface area contributed by atoms with Gasteiger partial charge in [-0.1, -0.05) is 36.4 Å². The first-order chi connectivity index (χ1) is 14.5. The summed E-state index contributed by atoms with van der Waals surface area (Å²) in [5.41, 5.74) is 9.32. The first kappa shape index (κ1) is 19.6. The van der Waals surface area contributed by atoms with Gasteiger partial charge in [0.1, 0.15) is 11.4 Å². The number of carboxylic acids is 1. The average Bonchev–Trinajstić information content (AvgIpc) is 3.09. The van der Waals surface area contributed by atoms with Gasteiger partial charge in [0.05, 0.1) is 31.2 Å². The molecule has 0 saturated heterocycles. The van der Waals surface area contributed by atoms with Crippen molar-refractivity contribution in [1.82, 2.24) is 4.57 Å². The molecule has 1 unspecified atom stereocenters. The second-order valence-electron chi connectivity index (χ2n) is 7.30. The lowest BCUT2D eigenvalue weighted by Crippen LogP contribution is -2.17. The number of hydrogen-bond donors (Lipinski definition) is 2. The molecular weight excluding hydrogens is 380 g/mol. The number of fused-ring (bicyclic) bond motifs is 1. The number of rotatable bonds is 6. The summed E-state index contributed by atoms with van der Waals surface area (Å²) in [5, 5.41) is 11.0. The maximum absolute atomic E-state index is 12.4. The summed E-state index contributed by atoms with van der Waals surface area (Å²) in [7, 11) is 3.25. The molecule has 2 aromatic carbocycles. The summed E-state index contributed by atoms with van der Waals surface area (Å²) in [4.78, 5) is 12.4. The highest BCUT2D eigenvalue weighted by Crippen LogP contribution is 2.39. The van der Waals surface area contributed by atoms with Crippen molar-refractivity contribution in [3.05, 3.63) is 72.1 Å². The van der Waals surface area contributed by atoms with Crippen molar-refractivity contribution >= 4 is 22.6 Å². The van der Waals surface area contributed by atoms with Gasteiger partial charge in [-0.15, -0.1) is 0 Å². The van der Waals surface area contributed by atoms with E-state index in [0.29, 0.717) is 30.0 Å². The minimum absolute atomic E-state index is 0.0990. The summed E-state index contributed by atoms with van der Waals surface area (Å²) < 4.78 is 12.5. The Morgan fingerprint density at radius 3 is 2.60 bits per heavy atom. The van der Waals surface area contributed by atoms with Crippen LogP contribution in [0.4, 0.5) is 5.69 Å². The fraction of sp³-hybridized carbons (Fsp3) is 0.208. The fourth-order valence-electron chi connectivity index (χ4n) is 4.12. The quantitative estimate of drug-likeness (QED) is 0.582. The van der Waals surface area contributed by atoms with Gasteiger partial charge >= 0.3 is 5.97 Å². The van der Waals surface area contributed by atoms with Gasteiger partial charge in [-0.2, -0.15) is 0 Å². The molecule has 0 saturated carbocycles. The Morgan fingerprint density at radius 1 is 1.17 bits per heavy atom. The molecule has 0 amide bonds. The number of benzene rings is 2. The van der Waals surface area contributed by atoms with Crippen LogP contribution < -0.4 is 10.5 Å². The van der Waals surface area contributed by atoms with Crippen molar-refractivity contribution < 1.29 is 19.4 Å². The minimum atomic E-state index is -0.987. The van der Waals surface area contributed by atoms with Gasteiger partial charge in [0.25, 0.3) is 0 Å². The normalized spacial score (nSPS) is 15.8. The van der Waals surface area contributed by atoms with Crippen molar-refractivity contribution in [1.29, 1.82) is 0 Å². The van der Waals surface area contributed by atoms with Crippen molar-refractivity contribution in [2.75, 3.05) is 20.0 Å². The Balaban J connectivity index is 1.91. The predicted octanol–water partition coefficient (Wildman–Crippen LogP) is 4.70. The second kappa shape index (κ2) is 7.99. The molecule has 154 valence electrons. The number of carbonyl (C=O) groups is 1. The Labute approximate surface area is 174 Å². The molecule has 3 aromatic rings. The molecule has 30 heavy (non-hydrogen) atoms. The molecule has 6 heteroatoms. The molecular formula is C24H24N2O4. The van der Waals surface area contributed by atoms with Gasteiger partial charge in [-0.3, -0.25) is 0 Å². The lowest BCUT2D eigenvalue weighted by Gasteiger charge is -2.20. The Hall–Kier alpha value is -3.67. The number of carboxylic acid groups (broad SMARTS) is 1. The van der Waals surface area contributed by atoms with Crippen molar-refractivity contribution in [3.8, 4) is 16.9 Å². The molecule has 0 radical (unpaired) electrons. The van der Waals surface area contributed by atoms with Crippen LogP contribution in [0.5, 0.6) is 5.75 Å². The van der Waals surface area contributed by atoms with Crippen molar-refractivity contribution in [2.24, 2.45) is 5.92 Å². The second-order valence-corrected chi connectivity index (χ2v) is 7.30. The van der Waals surface area contributed by atoms with E-state index in [9.17, 15) is 9.90 Å². The van der Waals surface area contributed by atoms with E-state index in [4.69, 9.17) is 15.2 Å². The van der Waals surface area contributed by atoms with Crippen LogP contribution in [0, 0.1) is 5.92 Å². The van der Waals surface area contributed by atoms with Crippen LogP contribution >= 0.6 is 0 Å². The largest absolute Gasteiger partial charge is 0.501 e. The SMILES string of the molecule is COC1=CC=CC(Cn2c(C(=O)O)c(-c3ccc(OC)cc3)c3cccc(N)c32)C1. The number of para-hydroxylation sites is 1. The zero-order valence-electron chi connectivity index (χ0n) is 17.0. The summed E-state index contributed by atoms with van der Waals surface area (Å²) in [6.07, 6.45) is 6.66. The molecule has 1 aromatic heterocycles. The third-order valence-corrected chi connectivity index (χ3v) is 5.50. The minimum Gasteiger partial charge on any atom is -0.501 e. The number of allylic oxidation sites excluding steroid dienone is 4.